The minimum Gasteiger partial charge on any atom is -0.506 e. The van der Waals surface area contributed by atoms with E-state index in [1.807, 2.05) is 0 Å². The molecule has 1 heterocycles. The van der Waals surface area contributed by atoms with E-state index in [1.54, 1.807) is 0 Å². The first kappa shape index (κ1) is 10.0. The molecule has 5 heteroatoms. The molecule has 0 atom stereocenters. The Morgan fingerprint density at radius 2 is 2.15 bits per heavy atom. The molecule has 0 fully saturated rings. The lowest BCUT2D eigenvalue weighted by Crippen LogP contribution is -2.25. The molecule has 0 aromatic heterocycles. The Labute approximate surface area is 75.6 Å². The number of nitrogens with one attached hydrogen (secondary N) is 1. The molecule has 0 radical (unpaired) electrons. The van der Waals surface area contributed by atoms with Crippen molar-refractivity contribution in [2.75, 3.05) is 20.8 Å². The summed E-state index contributed by atoms with van der Waals surface area (Å²) in [5.41, 5.74) is 0.0451. The molecule has 0 aliphatic carbocycles. The molecule has 0 saturated carbocycles. The van der Waals surface area contributed by atoms with Gasteiger partial charge in [-0.2, -0.15) is 0 Å². The number of rotatable bonds is 3. The second-order valence-electron chi connectivity index (χ2n) is 2.53. The summed E-state index contributed by atoms with van der Waals surface area (Å²) >= 11 is 0. The van der Waals surface area contributed by atoms with Crippen molar-refractivity contribution in [2.24, 2.45) is 0 Å². The van der Waals surface area contributed by atoms with Gasteiger partial charge in [0.2, 0.25) is 0 Å². The van der Waals surface area contributed by atoms with Crippen LogP contribution in [0, 0.1) is 0 Å². The van der Waals surface area contributed by atoms with Crippen LogP contribution in [-0.4, -0.2) is 32.2 Å². The van der Waals surface area contributed by atoms with Crippen LogP contribution in [-0.2, 0) is 9.47 Å². The van der Waals surface area contributed by atoms with E-state index >= 15 is 0 Å². The van der Waals surface area contributed by atoms with Gasteiger partial charge < -0.3 is 19.9 Å². The van der Waals surface area contributed by atoms with Crippen molar-refractivity contribution in [1.29, 1.82) is 0 Å². The van der Waals surface area contributed by atoms with Gasteiger partial charge >= 0.3 is 0 Å². The molecule has 0 spiro atoms. The van der Waals surface area contributed by atoms with Gasteiger partial charge in [0.15, 0.2) is 6.29 Å². The SMILES string of the molecule is COC(OC)C1=C(F)CNC=C1O. The van der Waals surface area contributed by atoms with E-state index < -0.39 is 12.1 Å². The number of methoxy groups -OCH3 is 2. The Bertz CT molecular complexity index is 246. The number of ether oxygens (including phenoxy) is 2. The predicted octanol–water partition coefficient (Wildman–Crippen LogP) is 0.832. The van der Waals surface area contributed by atoms with Crippen LogP contribution in [0.4, 0.5) is 4.39 Å². The maximum Gasteiger partial charge on any atom is 0.189 e. The molecule has 1 aliphatic heterocycles. The first-order valence-electron chi connectivity index (χ1n) is 3.77. The van der Waals surface area contributed by atoms with Crippen LogP contribution >= 0.6 is 0 Å². The topological polar surface area (TPSA) is 50.7 Å². The summed E-state index contributed by atoms with van der Waals surface area (Å²) in [5, 5.41) is 11.9. The molecule has 0 amide bonds. The normalized spacial score (nSPS) is 17.4. The minimum atomic E-state index is -0.863. The Kier molecular flexibility index (Phi) is 3.27. The van der Waals surface area contributed by atoms with Crippen molar-refractivity contribution in [2.45, 2.75) is 6.29 Å². The minimum absolute atomic E-state index is 0.0443. The van der Waals surface area contributed by atoms with Crippen LogP contribution < -0.4 is 5.32 Å². The fraction of sp³-hybridized carbons (Fsp3) is 0.500. The summed E-state index contributed by atoms with van der Waals surface area (Å²) in [7, 11) is 2.76. The summed E-state index contributed by atoms with van der Waals surface area (Å²) in [6, 6.07) is 0. The van der Waals surface area contributed by atoms with Gasteiger partial charge in [-0.25, -0.2) is 4.39 Å². The van der Waals surface area contributed by atoms with Crippen molar-refractivity contribution >= 4 is 0 Å². The highest BCUT2D eigenvalue weighted by atomic mass is 19.1. The van der Waals surface area contributed by atoms with Gasteiger partial charge in [-0.3, -0.25) is 0 Å². The van der Waals surface area contributed by atoms with E-state index in [0.717, 1.165) is 0 Å². The molecule has 1 aliphatic rings. The molecule has 2 N–H and O–H groups in total. The van der Waals surface area contributed by atoms with Crippen LogP contribution in [0.5, 0.6) is 0 Å². The fourth-order valence-corrected chi connectivity index (χ4v) is 1.13. The Morgan fingerprint density at radius 3 is 2.62 bits per heavy atom. The van der Waals surface area contributed by atoms with Gasteiger partial charge in [-0.1, -0.05) is 0 Å². The molecule has 4 nitrogen and oxygen atoms in total. The fourth-order valence-electron chi connectivity index (χ4n) is 1.13. The predicted molar refractivity (Wildman–Crippen MR) is 44.7 cm³/mol. The molecular weight excluding hydrogens is 177 g/mol. The maximum atomic E-state index is 13.2. The van der Waals surface area contributed by atoms with E-state index in [4.69, 9.17) is 9.47 Å². The molecule has 0 unspecified atom stereocenters. The highest BCUT2D eigenvalue weighted by molar-refractivity contribution is 5.33. The summed E-state index contributed by atoms with van der Waals surface area (Å²) in [4.78, 5) is 0. The first-order chi connectivity index (χ1) is 6.20. The molecule has 0 aromatic carbocycles. The number of dihydropyridines is 1. The van der Waals surface area contributed by atoms with Crippen LogP contribution in [0.2, 0.25) is 0 Å². The maximum absolute atomic E-state index is 13.2. The quantitative estimate of drug-likeness (QED) is 0.646. The molecular formula is C8H12FNO3. The summed E-state index contributed by atoms with van der Waals surface area (Å²) in [6.07, 6.45) is 0.446. The van der Waals surface area contributed by atoms with Crippen molar-refractivity contribution in [1.82, 2.24) is 5.32 Å². The number of aliphatic hydroxyl groups is 1. The van der Waals surface area contributed by atoms with Gasteiger partial charge in [0.25, 0.3) is 0 Å². The molecule has 0 aromatic rings. The summed E-state index contributed by atoms with van der Waals surface area (Å²) in [5.74, 6) is -0.675. The zero-order valence-corrected chi connectivity index (χ0v) is 7.50. The Morgan fingerprint density at radius 1 is 1.54 bits per heavy atom. The average Bonchev–Trinajstić information content (AvgIpc) is 2.11. The van der Waals surface area contributed by atoms with E-state index in [2.05, 4.69) is 5.32 Å². The highest BCUT2D eigenvalue weighted by Gasteiger charge is 2.24. The first-order valence-corrected chi connectivity index (χ1v) is 3.77. The summed E-state index contributed by atoms with van der Waals surface area (Å²) < 4.78 is 22.8. The average molecular weight is 189 g/mol. The van der Waals surface area contributed by atoms with E-state index in [1.165, 1.54) is 20.4 Å². The van der Waals surface area contributed by atoms with Crippen LogP contribution in [0.15, 0.2) is 23.4 Å². The van der Waals surface area contributed by atoms with E-state index in [9.17, 15) is 9.50 Å². The Balaban J connectivity index is 2.91. The molecule has 0 bridgehead atoms. The third kappa shape index (κ3) is 1.99. The molecule has 1 rings (SSSR count). The number of halogens is 1. The monoisotopic (exact) mass is 189 g/mol. The third-order valence-corrected chi connectivity index (χ3v) is 1.73. The lowest BCUT2D eigenvalue weighted by Gasteiger charge is -2.20. The zero-order valence-electron chi connectivity index (χ0n) is 7.50. The second kappa shape index (κ2) is 4.25. The second-order valence-corrected chi connectivity index (χ2v) is 2.53. The Hall–Kier alpha value is -1.07. The smallest absolute Gasteiger partial charge is 0.189 e. The van der Waals surface area contributed by atoms with Gasteiger partial charge in [0, 0.05) is 20.4 Å². The van der Waals surface area contributed by atoms with Gasteiger partial charge in [-0.15, -0.1) is 0 Å². The molecule has 0 saturated heterocycles. The van der Waals surface area contributed by atoms with Crippen LogP contribution in [0.1, 0.15) is 0 Å². The standard InChI is InChI=1S/C8H12FNO3/c1-12-8(13-2)7-5(9)3-10-4-6(7)11/h4,8,10-11H,3H2,1-2H3. The number of hydrogen-bond donors (Lipinski definition) is 2. The molecule has 13 heavy (non-hydrogen) atoms. The number of aliphatic hydroxyl groups excluding tert-OH is 1. The lowest BCUT2D eigenvalue weighted by molar-refractivity contribution is -0.0774. The van der Waals surface area contributed by atoms with Gasteiger partial charge in [0.05, 0.1) is 12.1 Å². The van der Waals surface area contributed by atoms with Gasteiger partial charge in [0.1, 0.15) is 11.6 Å². The highest BCUT2D eigenvalue weighted by Crippen LogP contribution is 2.22. The van der Waals surface area contributed by atoms with Crippen molar-refractivity contribution in [3.05, 3.63) is 23.4 Å². The molecule has 74 valence electrons. The largest absolute Gasteiger partial charge is 0.506 e. The van der Waals surface area contributed by atoms with Crippen molar-refractivity contribution in [3.8, 4) is 0 Å². The van der Waals surface area contributed by atoms with Crippen molar-refractivity contribution in [3.63, 3.8) is 0 Å². The van der Waals surface area contributed by atoms with E-state index in [0.29, 0.717) is 0 Å². The number of hydrogen-bond acceptors (Lipinski definition) is 4. The van der Waals surface area contributed by atoms with Crippen LogP contribution in [0.25, 0.3) is 0 Å². The van der Waals surface area contributed by atoms with Gasteiger partial charge in [-0.05, 0) is 0 Å². The third-order valence-electron chi connectivity index (χ3n) is 1.73. The van der Waals surface area contributed by atoms with Crippen molar-refractivity contribution < 1.29 is 19.0 Å². The van der Waals surface area contributed by atoms with E-state index in [-0.39, 0.29) is 17.9 Å². The lowest BCUT2D eigenvalue weighted by atomic mass is 10.1. The zero-order chi connectivity index (χ0) is 9.84. The summed E-state index contributed by atoms with van der Waals surface area (Å²) in [6.45, 7) is 0.0443. The van der Waals surface area contributed by atoms with Crippen LogP contribution in [0.3, 0.4) is 0 Å².